The first-order valence-corrected chi connectivity index (χ1v) is 10.2. The van der Waals surface area contributed by atoms with Crippen molar-refractivity contribution >= 4 is 25.8 Å². The molecular formula is C16H24BrNO2S. The van der Waals surface area contributed by atoms with Crippen LogP contribution in [0.25, 0.3) is 0 Å². The lowest BCUT2D eigenvalue weighted by Gasteiger charge is -2.26. The molecule has 1 aliphatic rings. The number of nitrogens with one attached hydrogen (secondary N) is 1. The molecule has 21 heavy (non-hydrogen) atoms. The van der Waals surface area contributed by atoms with Crippen LogP contribution in [0, 0.1) is 19.8 Å². The van der Waals surface area contributed by atoms with Gasteiger partial charge in [-0.1, -0.05) is 28.9 Å². The van der Waals surface area contributed by atoms with Crippen molar-refractivity contribution < 1.29 is 8.42 Å². The van der Waals surface area contributed by atoms with Gasteiger partial charge in [0.2, 0.25) is 0 Å². The van der Waals surface area contributed by atoms with Crippen molar-refractivity contribution in [2.75, 3.05) is 18.1 Å². The quantitative estimate of drug-likeness (QED) is 0.858. The van der Waals surface area contributed by atoms with Crippen LogP contribution in [0.15, 0.2) is 16.6 Å². The highest BCUT2D eigenvalue weighted by atomic mass is 79.9. The van der Waals surface area contributed by atoms with Crippen molar-refractivity contribution in [1.29, 1.82) is 0 Å². The summed E-state index contributed by atoms with van der Waals surface area (Å²) in [6, 6.07) is 4.46. The highest BCUT2D eigenvalue weighted by molar-refractivity contribution is 9.10. The fraction of sp³-hybridized carbons (Fsp3) is 0.625. The Kier molecular flexibility index (Phi) is 5.49. The molecule has 0 radical (unpaired) electrons. The normalized spacial score (nSPS) is 22.4. The Bertz CT molecular complexity index is 613. The van der Waals surface area contributed by atoms with Gasteiger partial charge < -0.3 is 5.32 Å². The van der Waals surface area contributed by atoms with Crippen molar-refractivity contribution in [2.24, 2.45) is 5.92 Å². The van der Waals surface area contributed by atoms with Gasteiger partial charge in [-0.2, -0.15) is 0 Å². The van der Waals surface area contributed by atoms with Crippen molar-refractivity contribution in [3.63, 3.8) is 0 Å². The Balaban J connectivity index is 2.34. The number of aryl methyl sites for hydroxylation is 2. The van der Waals surface area contributed by atoms with Crippen molar-refractivity contribution in [2.45, 2.75) is 39.7 Å². The molecule has 2 atom stereocenters. The SMILES string of the molecule is CCCNC(c1cc(C)c(Br)cc1C)C1CCS(=O)(=O)C1. The average molecular weight is 374 g/mol. The molecule has 0 saturated carbocycles. The van der Waals surface area contributed by atoms with Gasteiger partial charge >= 0.3 is 0 Å². The summed E-state index contributed by atoms with van der Waals surface area (Å²) in [4.78, 5) is 0. The second-order valence-corrected chi connectivity index (χ2v) is 9.14. The van der Waals surface area contributed by atoms with Gasteiger partial charge in [-0.3, -0.25) is 0 Å². The summed E-state index contributed by atoms with van der Waals surface area (Å²) in [6.45, 7) is 7.23. The summed E-state index contributed by atoms with van der Waals surface area (Å²) < 4.78 is 24.8. The second kappa shape index (κ2) is 6.80. The van der Waals surface area contributed by atoms with Gasteiger partial charge in [0.15, 0.2) is 9.84 Å². The number of hydrogen-bond acceptors (Lipinski definition) is 3. The molecule has 0 bridgehead atoms. The molecule has 1 fully saturated rings. The first kappa shape index (κ1) is 17.0. The highest BCUT2D eigenvalue weighted by Gasteiger charge is 2.34. The van der Waals surface area contributed by atoms with E-state index in [1.807, 2.05) is 0 Å². The van der Waals surface area contributed by atoms with E-state index in [1.54, 1.807) is 0 Å². The summed E-state index contributed by atoms with van der Waals surface area (Å²) >= 11 is 3.57. The summed E-state index contributed by atoms with van der Waals surface area (Å²) in [5.41, 5.74) is 3.65. The van der Waals surface area contributed by atoms with Gasteiger partial charge in [0.25, 0.3) is 0 Å². The molecule has 3 nitrogen and oxygen atoms in total. The molecule has 1 N–H and O–H groups in total. The van der Waals surface area contributed by atoms with Crippen LogP contribution in [0.5, 0.6) is 0 Å². The van der Waals surface area contributed by atoms with Crippen LogP contribution in [0.2, 0.25) is 0 Å². The molecule has 1 aromatic carbocycles. The van der Waals surface area contributed by atoms with Gasteiger partial charge in [-0.15, -0.1) is 0 Å². The van der Waals surface area contributed by atoms with E-state index >= 15 is 0 Å². The maximum absolute atomic E-state index is 11.8. The van der Waals surface area contributed by atoms with Crippen LogP contribution in [0.1, 0.15) is 42.5 Å². The summed E-state index contributed by atoms with van der Waals surface area (Å²) in [6.07, 6.45) is 1.81. The van der Waals surface area contributed by atoms with E-state index < -0.39 is 9.84 Å². The molecule has 0 spiro atoms. The molecule has 1 aromatic rings. The molecule has 2 unspecified atom stereocenters. The maximum Gasteiger partial charge on any atom is 0.150 e. The minimum Gasteiger partial charge on any atom is -0.310 e. The molecule has 2 rings (SSSR count). The van der Waals surface area contributed by atoms with Crippen LogP contribution in [-0.4, -0.2) is 26.5 Å². The molecule has 1 saturated heterocycles. The number of sulfone groups is 1. The summed E-state index contributed by atoms with van der Waals surface area (Å²) in [5.74, 6) is 0.820. The van der Waals surface area contributed by atoms with Crippen LogP contribution in [0.3, 0.4) is 0 Å². The largest absolute Gasteiger partial charge is 0.310 e. The van der Waals surface area contributed by atoms with E-state index in [-0.39, 0.29) is 12.0 Å². The smallest absolute Gasteiger partial charge is 0.150 e. The number of rotatable bonds is 5. The lowest BCUT2D eigenvalue weighted by molar-refractivity contribution is 0.391. The minimum atomic E-state index is -2.85. The van der Waals surface area contributed by atoms with E-state index in [9.17, 15) is 8.42 Å². The second-order valence-electron chi connectivity index (χ2n) is 6.05. The van der Waals surface area contributed by atoms with E-state index in [0.717, 1.165) is 23.9 Å². The fourth-order valence-electron chi connectivity index (χ4n) is 3.06. The van der Waals surface area contributed by atoms with Crippen molar-refractivity contribution in [3.05, 3.63) is 33.3 Å². The minimum absolute atomic E-state index is 0.133. The van der Waals surface area contributed by atoms with Crippen LogP contribution in [-0.2, 0) is 9.84 Å². The van der Waals surface area contributed by atoms with Crippen LogP contribution in [0.4, 0.5) is 0 Å². The predicted octanol–water partition coefficient (Wildman–Crippen LogP) is 3.54. The molecule has 0 amide bonds. The van der Waals surface area contributed by atoms with Crippen LogP contribution >= 0.6 is 15.9 Å². The zero-order chi connectivity index (χ0) is 15.6. The van der Waals surface area contributed by atoms with E-state index in [1.165, 1.54) is 16.7 Å². The molecule has 118 valence electrons. The number of hydrogen-bond donors (Lipinski definition) is 1. The number of benzene rings is 1. The lowest BCUT2D eigenvalue weighted by atomic mass is 9.89. The lowest BCUT2D eigenvalue weighted by Crippen LogP contribution is -2.30. The molecule has 1 heterocycles. The Morgan fingerprint density at radius 3 is 2.62 bits per heavy atom. The average Bonchev–Trinajstić information content (AvgIpc) is 2.76. The molecular weight excluding hydrogens is 350 g/mol. The van der Waals surface area contributed by atoms with Crippen LogP contribution < -0.4 is 5.32 Å². The zero-order valence-corrected chi connectivity index (χ0v) is 15.4. The summed E-state index contributed by atoms with van der Waals surface area (Å²) in [7, 11) is -2.85. The van der Waals surface area contributed by atoms with E-state index in [2.05, 4.69) is 54.2 Å². The molecule has 0 aromatic heterocycles. The van der Waals surface area contributed by atoms with Gasteiger partial charge in [0.1, 0.15) is 0 Å². The topological polar surface area (TPSA) is 46.2 Å². The Morgan fingerprint density at radius 1 is 1.33 bits per heavy atom. The molecule has 5 heteroatoms. The third kappa shape index (κ3) is 4.08. The monoisotopic (exact) mass is 373 g/mol. The van der Waals surface area contributed by atoms with Gasteiger partial charge in [0, 0.05) is 10.5 Å². The third-order valence-corrected chi connectivity index (χ3v) is 6.88. The Morgan fingerprint density at radius 2 is 2.05 bits per heavy atom. The van der Waals surface area contributed by atoms with Gasteiger partial charge in [-0.05, 0) is 61.9 Å². The fourth-order valence-corrected chi connectivity index (χ4v) is 5.35. The first-order chi connectivity index (χ1) is 9.84. The standard InChI is InChI=1S/C16H24BrNO2S/c1-4-6-18-16(13-5-7-21(19,20)10-13)14-8-12(3)15(17)9-11(14)2/h8-9,13,16,18H,4-7,10H2,1-3H3. The van der Waals surface area contributed by atoms with Crippen molar-refractivity contribution in [1.82, 2.24) is 5.32 Å². The first-order valence-electron chi connectivity index (χ1n) is 7.54. The third-order valence-electron chi connectivity index (χ3n) is 4.24. The Hall–Kier alpha value is -0.390. The zero-order valence-electron chi connectivity index (χ0n) is 12.9. The van der Waals surface area contributed by atoms with E-state index in [0.29, 0.717) is 11.5 Å². The van der Waals surface area contributed by atoms with Gasteiger partial charge in [-0.25, -0.2) is 8.42 Å². The Labute approximate surface area is 136 Å². The van der Waals surface area contributed by atoms with E-state index in [4.69, 9.17) is 0 Å². The predicted molar refractivity (Wildman–Crippen MR) is 91.4 cm³/mol. The summed E-state index contributed by atoms with van der Waals surface area (Å²) in [5, 5.41) is 3.57. The molecule has 1 aliphatic heterocycles. The maximum atomic E-state index is 11.8. The van der Waals surface area contributed by atoms with Gasteiger partial charge in [0.05, 0.1) is 11.5 Å². The highest BCUT2D eigenvalue weighted by Crippen LogP contribution is 2.35. The van der Waals surface area contributed by atoms with Crippen molar-refractivity contribution in [3.8, 4) is 0 Å². The molecule has 0 aliphatic carbocycles. The number of halogens is 1.